The van der Waals surface area contributed by atoms with E-state index in [1.54, 1.807) is 6.07 Å². The maximum atomic E-state index is 14.0. The van der Waals surface area contributed by atoms with Gasteiger partial charge >= 0.3 is 0 Å². The van der Waals surface area contributed by atoms with Crippen LogP contribution in [0.1, 0.15) is 18.5 Å². The second kappa shape index (κ2) is 6.03. The number of rotatable bonds is 4. The summed E-state index contributed by atoms with van der Waals surface area (Å²) in [6, 6.07) is 15.4. The van der Waals surface area contributed by atoms with Gasteiger partial charge in [-0.15, -0.1) is 0 Å². The summed E-state index contributed by atoms with van der Waals surface area (Å²) in [6.45, 7) is 2.01. The van der Waals surface area contributed by atoms with Gasteiger partial charge in [-0.3, -0.25) is 0 Å². The smallest absolute Gasteiger partial charge is 0.137 e. The minimum atomic E-state index is -0.163. The first-order chi connectivity index (χ1) is 8.70. The van der Waals surface area contributed by atoms with E-state index in [2.05, 4.69) is 5.32 Å². The molecule has 0 spiro atoms. The Hall–Kier alpha value is -1.32. The minimum absolute atomic E-state index is 0.162. The lowest BCUT2D eigenvalue weighted by atomic mass is 10.1. The lowest BCUT2D eigenvalue weighted by Crippen LogP contribution is -2.12. The second-order valence-corrected chi connectivity index (χ2v) is 5.23. The Kier molecular flexibility index (Phi) is 4.39. The monoisotopic (exact) mass is 261 g/mol. The summed E-state index contributed by atoms with van der Waals surface area (Å²) in [5.74, 6) is -0.163. The minimum Gasteiger partial charge on any atom is -0.313 e. The third kappa shape index (κ3) is 3.12. The zero-order valence-corrected chi connectivity index (χ0v) is 11.3. The molecule has 1 N–H and O–H groups in total. The molecule has 0 saturated carbocycles. The average molecular weight is 261 g/mol. The van der Waals surface area contributed by atoms with Gasteiger partial charge in [-0.05, 0) is 43.8 Å². The Balaban J connectivity index is 2.20. The molecule has 0 saturated heterocycles. The molecule has 0 heterocycles. The van der Waals surface area contributed by atoms with Gasteiger partial charge in [0.2, 0.25) is 0 Å². The Morgan fingerprint density at radius 3 is 2.44 bits per heavy atom. The van der Waals surface area contributed by atoms with E-state index in [9.17, 15) is 4.39 Å². The number of halogens is 1. The molecular weight excluding hydrogens is 245 g/mol. The van der Waals surface area contributed by atoms with Crippen molar-refractivity contribution in [3.8, 4) is 0 Å². The Morgan fingerprint density at radius 1 is 1.11 bits per heavy atom. The normalized spacial score (nSPS) is 12.4. The summed E-state index contributed by atoms with van der Waals surface area (Å²) in [5, 5.41) is 3.10. The maximum Gasteiger partial charge on any atom is 0.137 e. The van der Waals surface area contributed by atoms with E-state index in [0.717, 1.165) is 10.5 Å². The van der Waals surface area contributed by atoms with Gasteiger partial charge in [-0.25, -0.2) is 4.39 Å². The average Bonchev–Trinajstić information content (AvgIpc) is 2.41. The Morgan fingerprint density at radius 2 is 1.83 bits per heavy atom. The van der Waals surface area contributed by atoms with Crippen LogP contribution in [0.15, 0.2) is 58.3 Å². The van der Waals surface area contributed by atoms with E-state index < -0.39 is 0 Å². The van der Waals surface area contributed by atoms with E-state index in [1.807, 2.05) is 56.4 Å². The van der Waals surface area contributed by atoms with Crippen molar-refractivity contribution in [3.05, 3.63) is 59.9 Å². The van der Waals surface area contributed by atoms with Gasteiger partial charge in [-0.1, -0.05) is 36.0 Å². The molecule has 1 nitrogen and oxygen atoms in total. The Bertz CT molecular complexity index is 513. The molecule has 0 radical (unpaired) electrons. The lowest BCUT2D eigenvalue weighted by Gasteiger charge is -2.12. The quantitative estimate of drug-likeness (QED) is 0.882. The van der Waals surface area contributed by atoms with E-state index in [-0.39, 0.29) is 11.9 Å². The summed E-state index contributed by atoms with van der Waals surface area (Å²) in [7, 11) is 1.87. The molecule has 2 aromatic rings. The van der Waals surface area contributed by atoms with Crippen molar-refractivity contribution >= 4 is 11.8 Å². The van der Waals surface area contributed by atoms with Crippen LogP contribution in [0.4, 0.5) is 4.39 Å². The summed E-state index contributed by atoms with van der Waals surface area (Å²) in [5.41, 5.74) is 0.965. The summed E-state index contributed by atoms with van der Waals surface area (Å²) < 4.78 is 14.0. The van der Waals surface area contributed by atoms with Crippen molar-refractivity contribution in [2.24, 2.45) is 0 Å². The number of hydrogen-bond donors (Lipinski definition) is 1. The molecule has 2 rings (SSSR count). The lowest BCUT2D eigenvalue weighted by molar-refractivity contribution is 0.587. The zero-order chi connectivity index (χ0) is 13.0. The highest BCUT2D eigenvalue weighted by Gasteiger charge is 2.08. The van der Waals surface area contributed by atoms with Gasteiger partial charge < -0.3 is 5.32 Å². The summed E-state index contributed by atoms with van der Waals surface area (Å²) in [6.07, 6.45) is 0. The molecule has 0 bridgehead atoms. The maximum absolute atomic E-state index is 14.0. The van der Waals surface area contributed by atoms with Gasteiger partial charge in [0.25, 0.3) is 0 Å². The molecule has 1 unspecified atom stereocenters. The molecule has 2 aromatic carbocycles. The van der Waals surface area contributed by atoms with Crippen molar-refractivity contribution in [2.45, 2.75) is 22.8 Å². The second-order valence-electron chi connectivity index (χ2n) is 4.12. The van der Waals surface area contributed by atoms with Crippen LogP contribution in [-0.4, -0.2) is 7.05 Å². The number of hydrogen-bond acceptors (Lipinski definition) is 2. The van der Waals surface area contributed by atoms with Gasteiger partial charge in [0.15, 0.2) is 0 Å². The van der Waals surface area contributed by atoms with E-state index in [1.165, 1.54) is 11.8 Å². The topological polar surface area (TPSA) is 12.0 Å². The first kappa shape index (κ1) is 13.1. The van der Waals surface area contributed by atoms with Crippen LogP contribution in [0.25, 0.3) is 0 Å². The third-order valence-corrected chi connectivity index (χ3v) is 3.92. The molecule has 0 fully saturated rings. The Labute approximate surface area is 111 Å². The van der Waals surface area contributed by atoms with E-state index >= 15 is 0 Å². The summed E-state index contributed by atoms with van der Waals surface area (Å²) >= 11 is 1.45. The largest absolute Gasteiger partial charge is 0.313 e. The highest BCUT2D eigenvalue weighted by molar-refractivity contribution is 7.99. The van der Waals surface area contributed by atoms with Crippen LogP contribution in [0.3, 0.4) is 0 Å². The molecule has 94 valence electrons. The van der Waals surface area contributed by atoms with Crippen molar-refractivity contribution < 1.29 is 4.39 Å². The highest BCUT2D eigenvalue weighted by atomic mass is 32.2. The molecular formula is C15H16FNS. The predicted molar refractivity (Wildman–Crippen MR) is 74.4 cm³/mol. The standard InChI is InChI=1S/C15H16FNS/c1-11(17-2)12-8-9-15(14(16)10-12)18-13-6-4-3-5-7-13/h3-11,17H,1-2H3. The molecule has 18 heavy (non-hydrogen) atoms. The SMILES string of the molecule is CNC(C)c1ccc(Sc2ccccc2)c(F)c1. The first-order valence-corrected chi connectivity index (χ1v) is 6.72. The molecule has 0 aliphatic heterocycles. The molecule has 0 aliphatic rings. The molecule has 1 atom stereocenters. The molecule has 0 aliphatic carbocycles. The zero-order valence-electron chi connectivity index (χ0n) is 10.5. The van der Waals surface area contributed by atoms with Gasteiger partial charge in [0, 0.05) is 15.8 Å². The van der Waals surface area contributed by atoms with Crippen LogP contribution in [0, 0.1) is 5.82 Å². The molecule has 0 aromatic heterocycles. The predicted octanol–water partition coefficient (Wildman–Crippen LogP) is 4.26. The molecule has 3 heteroatoms. The van der Waals surface area contributed by atoms with Crippen molar-refractivity contribution in [1.82, 2.24) is 5.32 Å². The van der Waals surface area contributed by atoms with E-state index in [0.29, 0.717) is 4.90 Å². The highest BCUT2D eigenvalue weighted by Crippen LogP contribution is 2.30. The fraction of sp³-hybridized carbons (Fsp3) is 0.200. The van der Waals surface area contributed by atoms with Crippen molar-refractivity contribution in [1.29, 1.82) is 0 Å². The first-order valence-electron chi connectivity index (χ1n) is 5.90. The van der Waals surface area contributed by atoms with Gasteiger partial charge in [0.05, 0.1) is 0 Å². The van der Waals surface area contributed by atoms with E-state index in [4.69, 9.17) is 0 Å². The third-order valence-electron chi connectivity index (χ3n) is 2.86. The van der Waals surface area contributed by atoms with Crippen molar-refractivity contribution in [3.63, 3.8) is 0 Å². The number of benzene rings is 2. The fourth-order valence-electron chi connectivity index (χ4n) is 1.65. The van der Waals surface area contributed by atoms with Gasteiger partial charge in [0.1, 0.15) is 5.82 Å². The van der Waals surface area contributed by atoms with Crippen LogP contribution < -0.4 is 5.32 Å². The van der Waals surface area contributed by atoms with Gasteiger partial charge in [-0.2, -0.15) is 0 Å². The van der Waals surface area contributed by atoms with Crippen LogP contribution >= 0.6 is 11.8 Å². The van der Waals surface area contributed by atoms with Crippen molar-refractivity contribution in [2.75, 3.05) is 7.05 Å². The number of nitrogens with one attached hydrogen (secondary N) is 1. The van der Waals surface area contributed by atoms with Crippen LogP contribution in [0.5, 0.6) is 0 Å². The summed E-state index contributed by atoms with van der Waals surface area (Å²) in [4.78, 5) is 1.71. The van der Waals surface area contributed by atoms with Crippen LogP contribution in [-0.2, 0) is 0 Å². The molecule has 0 amide bonds. The fourth-order valence-corrected chi connectivity index (χ4v) is 2.49. The van der Waals surface area contributed by atoms with Crippen LogP contribution in [0.2, 0.25) is 0 Å².